The summed E-state index contributed by atoms with van der Waals surface area (Å²) < 4.78 is 7.54. The van der Waals surface area contributed by atoms with Gasteiger partial charge in [-0.15, -0.1) is 0 Å². The summed E-state index contributed by atoms with van der Waals surface area (Å²) in [5.41, 5.74) is 2.28. The monoisotopic (exact) mass is 382 g/mol. The maximum absolute atomic E-state index is 12.2. The molecule has 2 amide bonds. The van der Waals surface area contributed by atoms with Crippen LogP contribution in [0.1, 0.15) is 21.9 Å². The second-order valence-corrected chi connectivity index (χ2v) is 7.14. The molecule has 0 bridgehead atoms. The zero-order chi connectivity index (χ0) is 20.3. The lowest BCUT2D eigenvalue weighted by atomic mass is 10.2. The minimum absolute atomic E-state index is 0.107. The number of likely N-dealkylation sites (N-methyl/N-ethyl adjacent to an activating group) is 1. The predicted octanol–water partition coefficient (Wildman–Crippen LogP) is 2.78. The zero-order valence-electron chi connectivity index (χ0n) is 16.7. The molecular formula is C21H26N4O3. The lowest BCUT2D eigenvalue weighted by molar-refractivity contribution is -0.115. The molecule has 3 rings (SSSR count). The molecule has 2 N–H and O–H groups in total. The minimum Gasteiger partial charge on any atom is -0.466 e. The van der Waals surface area contributed by atoms with Gasteiger partial charge >= 0.3 is 0 Å². The number of carbonyl (C=O) groups is 2. The van der Waals surface area contributed by atoms with E-state index >= 15 is 0 Å². The van der Waals surface area contributed by atoms with E-state index in [1.165, 1.54) is 0 Å². The van der Waals surface area contributed by atoms with Crippen LogP contribution < -0.4 is 10.6 Å². The Kier molecular flexibility index (Phi) is 5.84. The Morgan fingerprint density at radius 1 is 1.14 bits per heavy atom. The Morgan fingerprint density at radius 2 is 1.93 bits per heavy atom. The molecule has 1 aromatic carbocycles. The molecule has 0 aliphatic heterocycles. The fourth-order valence-corrected chi connectivity index (χ4v) is 3.10. The highest BCUT2D eigenvalue weighted by Gasteiger charge is 2.14. The van der Waals surface area contributed by atoms with E-state index in [2.05, 4.69) is 26.3 Å². The van der Waals surface area contributed by atoms with Gasteiger partial charge in [-0.3, -0.25) is 9.59 Å². The van der Waals surface area contributed by atoms with E-state index in [1.54, 1.807) is 19.9 Å². The van der Waals surface area contributed by atoms with E-state index < -0.39 is 0 Å². The molecule has 28 heavy (non-hydrogen) atoms. The van der Waals surface area contributed by atoms with Crippen LogP contribution in [-0.4, -0.2) is 48.5 Å². The van der Waals surface area contributed by atoms with E-state index in [-0.39, 0.29) is 18.4 Å². The van der Waals surface area contributed by atoms with Crippen molar-refractivity contribution in [2.24, 2.45) is 0 Å². The third-order valence-electron chi connectivity index (χ3n) is 4.54. The van der Waals surface area contributed by atoms with Crippen molar-refractivity contribution >= 4 is 28.4 Å². The highest BCUT2D eigenvalue weighted by Crippen LogP contribution is 2.20. The summed E-state index contributed by atoms with van der Waals surface area (Å²) in [6.07, 6.45) is 2.05. The molecule has 0 fully saturated rings. The van der Waals surface area contributed by atoms with Crippen molar-refractivity contribution in [3.8, 4) is 0 Å². The normalized spacial score (nSPS) is 11.2. The molecule has 2 heterocycles. The summed E-state index contributed by atoms with van der Waals surface area (Å²) in [6, 6.07) is 9.50. The number of nitrogens with one attached hydrogen (secondary N) is 2. The molecule has 0 saturated heterocycles. The topological polar surface area (TPSA) is 79.5 Å². The van der Waals surface area contributed by atoms with E-state index in [0.717, 1.165) is 24.0 Å². The van der Waals surface area contributed by atoms with E-state index in [9.17, 15) is 9.59 Å². The maximum atomic E-state index is 12.2. The van der Waals surface area contributed by atoms with Crippen LogP contribution in [-0.2, 0) is 11.3 Å². The molecule has 0 unspecified atom stereocenters. The van der Waals surface area contributed by atoms with Crippen LogP contribution in [0.2, 0.25) is 0 Å². The van der Waals surface area contributed by atoms with Gasteiger partial charge in [0.05, 0.1) is 12.1 Å². The molecule has 0 radical (unpaired) electrons. The molecule has 0 atom stereocenters. The highest BCUT2D eigenvalue weighted by molar-refractivity contribution is 6.00. The molecule has 2 aromatic heterocycles. The SMILES string of the molecule is Cc1cc(C(=O)NCC(=O)Nc2ccc3c(ccn3CCN(C)C)c2)c(C)o1. The quantitative estimate of drug-likeness (QED) is 0.659. The smallest absolute Gasteiger partial charge is 0.255 e. The summed E-state index contributed by atoms with van der Waals surface area (Å²) in [7, 11) is 4.10. The summed E-state index contributed by atoms with van der Waals surface area (Å²) in [5.74, 6) is 0.605. The highest BCUT2D eigenvalue weighted by atomic mass is 16.3. The van der Waals surface area contributed by atoms with Gasteiger partial charge < -0.3 is 24.5 Å². The number of fused-ring (bicyclic) bond motifs is 1. The van der Waals surface area contributed by atoms with Crippen LogP contribution in [0.3, 0.4) is 0 Å². The van der Waals surface area contributed by atoms with Crippen LogP contribution in [0.5, 0.6) is 0 Å². The predicted molar refractivity (Wildman–Crippen MR) is 110 cm³/mol. The van der Waals surface area contributed by atoms with Crippen LogP contribution in [0.4, 0.5) is 5.69 Å². The number of furan rings is 1. The number of aromatic nitrogens is 1. The molecule has 0 aliphatic carbocycles. The van der Waals surface area contributed by atoms with Gasteiger partial charge in [-0.2, -0.15) is 0 Å². The standard InChI is InChI=1S/C21H26N4O3/c1-14-11-18(15(2)28-14)21(27)22-13-20(26)23-17-5-6-19-16(12-17)7-8-25(19)10-9-24(3)4/h5-8,11-12H,9-10,13H2,1-4H3,(H,22,27)(H,23,26). The van der Waals surface area contributed by atoms with Crippen molar-refractivity contribution in [3.63, 3.8) is 0 Å². The summed E-state index contributed by atoms with van der Waals surface area (Å²) in [5, 5.41) is 6.51. The van der Waals surface area contributed by atoms with Crippen molar-refractivity contribution in [1.82, 2.24) is 14.8 Å². The second-order valence-electron chi connectivity index (χ2n) is 7.14. The largest absolute Gasteiger partial charge is 0.466 e. The second kappa shape index (κ2) is 8.31. The van der Waals surface area contributed by atoms with Crippen LogP contribution in [0, 0.1) is 13.8 Å². The fraction of sp³-hybridized carbons (Fsp3) is 0.333. The molecular weight excluding hydrogens is 356 g/mol. The lowest BCUT2D eigenvalue weighted by Gasteiger charge is -2.11. The van der Waals surface area contributed by atoms with Crippen LogP contribution in [0.15, 0.2) is 40.9 Å². The number of rotatable bonds is 7. The number of benzene rings is 1. The van der Waals surface area contributed by atoms with Crippen molar-refractivity contribution in [2.75, 3.05) is 32.5 Å². The summed E-state index contributed by atoms with van der Waals surface area (Å²) in [4.78, 5) is 26.5. The van der Waals surface area contributed by atoms with Gasteiger partial charge in [-0.05, 0) is 58.3 Å². The number of hydrogen-bond acceptors (Lipinski definition) is 4. The number of anilines is 1. The summed E-state index contributed by atoms with van der Waals surface area (Å²) >= 11 is 0. The van der Waals surface area contributed by atoms with E-state index in [4.69, 9.17) is 4.42 Å². The third kappa shape index (κ3) is 4.61. The van der Waals surface area contributed by atoms with Crippen LogP contribution in [0.25, 0.3) is 10.9 Å². The van der Waals surface area contributed by atoms with Gasteiger partial charge in [-0.1, -0.05) is 0 Å². The Labute approximate surface area is 164 Å². The molecule has 3 aromatic rings. The van der Waals surface area contributed by atoms with Crippen molar-refractivity contribution in [1.29, 1.82) is 0 Å². The number of hydrogen-bond donors (Lipinski definition) is 2. The van der Waals surface area contributed by atoms with Crippen molar-refractivity contribution in [3.05, 3.63) is 53.6 Å². The number of carbonyl (C=O) groups excluding carboxylic acids is 2. The number of aryl methyl sites for hydroxylation is 2. The first-order valence-corrected chi connectivity index (χ1v) is 9.22. The molecule has 148 valence electrons. The molecule has 7 nitrogen and oxygen atoms in total. The Hall–Kier alpha value is -3.06. The fourth-order valence-electron chi connectivity index (χ4n) is 3.10. The maximum Gasteiger partial charge on any atom is 0.255 e. The lowest BCUT2D eigenvalue weighted by Crippen LogP contribution is -2.32. The minimum atomic E-state index is -0.321. The number of nitrogens with zero attached hydrogens (tertiary/aromatic N) is 2. The first kappa shape index (κ1) is 19.7. The first-order valence-electron chi connectivity index (χ1n) is 9.22. The summed E-state index contributed by atoms with van der Waals surface area (Å²) in [6.45, 7) is 5.26. The van der Waals surface area contributed by atoms with Gasteiger partial charge in [0.2, 0.25) is 5.91 Å². The Balaban J connectivity index is 1.58. The van der Waals surface area contributed by atoms with E-state index in [0.29, 0.717) is 22.8 Å². The Morgan fingerprint density at radius 3 is 2.61 bits per heavy atom. The van der Waals surface area contributed by atoms with Gasteiger partial charge in [-0.25, -0.2) is 0 Å². The van der Waals surface area contributed by atoms with Crippen LogP contribution >= 0.6 is 0 Å². The van der Waals surface area contributed by atoms with Gasteiger partial charge in [0, 0.05) is 35.9 Å². The van der Waals surface area contributed by atoms with Gasteiger partial charge in [0.15, 0.2) is 0 Å². The average molecular weight is 382 g/mol. The van der Waals surface area contributed by atoms with Crippen molar-refractivity contribution < 1.29 is 14.0 Å². The molecule has 0 spiro atoms. The number of amides is 2. The molecule has 0 aliphatic rings. The van der Waals surface area contributed by atoms with Gasteiger partial charge in [0.1, 0.15) is 11.5 Å². The van der Waals surface area contributed by atoms with E-state index in [1.807, 2.05) is 38.4 Å². The average Bonchev–Trinajstić information content (AvgIpc) is 3.19. The third-order valence-corrected chi connectivity index (χ3v) is 4.54. The van der Waals surface area contributed by atoms with Crippen molar-refractivity contribution in [2.45, 2.75) is 20.4 Å². The Bertz CT molecular complexity index is 1000. The first-order chi connectivity index (χ1) is 13.3. The zero-order valence-corrected chi connectivity index (χ0v) is 16.7. The molecule has 7 heteroatoms. The molecule has 0 saturated carbocycles. The van der Waals surface area contributed by atoms with Gasteiger partial charge in [0.25, 0.3) is 5.91 Å².